The number of nitrogens with two attached hydrogens (primary N) is 1. The Kier molecular flexibility index (Phi) is 3.81. The third kappa shape index (κ3) is 2.32. The zero-order valence-electron chi connectivity index (χ0n) is 10.3. The van der Waals surface area contributed by atoms with Gasteiger partial charge in [0.05, 0.1) is 0 Å². The molecule has 0 radical (unpaired) electrons. The maximum atomic E-state index is 12.3. The molecular formula is C14H19ClN2O. The van der Waals surface area contributed by atoms with Crippen molar-refractivity contribution in [1.29, 1.82) is 0 Å². The van der Waals surface area contributed by atoms with Crippen molar-refractivity contribution in [2.45, 2.75) is 19.3 Å². The third-order valence-electron chi connectivity index (χ3n) is 4.17. The summed E-state index contributed by atoms with van der Waals surface area (Å²) in [6.07, 6.45) is 3.95. The van der Waals surface area contributed by atoms with Crippen molar-refractivity contribution in [2.24, 2.45) is 11.8 Å². The minimum atomic E-state index is 0. The predicted molar refractivity (Wildman–Crippen MR) is 74.8 cm³/mol. The van der Waals surface area contributed by atoms with Crippen LogP contribution in [0.25, 0.3) is 0 Å². The van der Waals surface area contributed by atoms with E-state index in [2.05, 4.69) is 0 Å². The zero-order chi connectivity index (χ0) is 11.8. The number of benzene rings is 1. The van der Waals surface area contributed by atoms with Gasteiger partial charge in [-0.05, 0) is 48.9 Å². The van der Waals surface area contributed by atoms with Crippen molar-refractivity contribution in [3.05, 3.63) is 29.8 Å². The fourth-order valence-corrected chi connectivity index (χ4v) is 3.21. The smallest absolute Gasteiger partial charge is 0.253 e. The molecule has 2 unspecified atom stereocenters. The van der Waals surface area contributed by atoms with Crippen LogP contribution in [-0.2, 0) is 0 Å². The maximum absolute atomic E-state index is 12.3. The molecule has 1 heterocycles. The van der Waals surface area contributed by atoms with Gasteiger partial charge in [-0.3, -0.25) is 4.79 Å². The standard InChI is InChI=1S/C14H18N2O.ClH/c15-13-6-4-10(5-7-13)14(17)16-8-11-2-1-3-12(11)9-16;/h4-7,11-12H,1-3,8-9,15H2;1H. The Morgan fingerprint density at radius 3 is 2.22 bits per heavy atom. The van der Waals surface area contributed by atoms with Crippen molar-refractivity contribution in [1.82, 2.24) is 4.90 Å². The summed E-state index contributed by atoms with van der Waals surface area (Å²) in [6, 6.07) is 7.24. The number of amides is 1. The first-order valence-corrected chi connectivity index (χ1v) is 6.39. The molecule has 1 aliphatic carbocycles. The van der Waals surface area contributed by atoms with Gasteiger partial charge in [-0.2, -0.15) is 0 Å². The van der Waals surface area contributed by atoms with Crippen LogP contribution in [0.1, 0.15) is 29.6 Å². The molecular weight excluding hydrogens is 248 g/mol. The number of nitrogen functional groups attached to an aromatic ring is 1. The monoisotopic (exact) mass is 266 g/mol. The van der Waals surface area contributed by atoms with Gasteiger partial charge in [-0.1, -0.05) is 6.42 Å². The summed E-state index contributed by atoms with van der Waals surface area (Å²) in [5.41, 5.74) is 7.10. The fourth-order valence-electron chi connectivity index (χ4n) is 3.21. The summed E-state index contributed by atoms with van der Waals surface area (Å²) in [7, 11) is 0. The second-order valence-electron chi connectivity index (χ2n) is 5.28. The van der Waals surface area contributed by atoms with Crippen molar-refractivity contribution in [3.8, 4) is 0 Å². The highest BCUT2D eigenvalue weighted by molar-refractivity contribution is 5.94. The predicted octanol–water partition coefficient (Wildman–Crippen LogP) is 2.56. The van der Waals surface area contributed by atoms with Crippen LogP contribution in [0.15, 0.2) is 24.3 Å². The second kappa shape index (κ2) is 5.19. The van der Waals surface area contributed by atoms with Crippen molar-refractivity contribution < 1.29 is 4.79 Å². The first kappa shape index (κ1) is 13.2. The number of fused-ring (bicyclic) bond motifs is 1. The highest BCUT2D eigenvalue weighted by atomic mass is 35.5. The van der Waals surface area contributed by atoms with E-state index in [-0.39, 0.29) is 18.3 Å². The molecule has 1 aromatic carbocycles. The molecule has 0 bridgehead atoms. The van der Waals surface area contributed by atoms with Gasteiger partial charge in [0, 0.05) is 24.3 Å². The molecule has 1 saturated heterocycles. The van der Waals surface area contributed by atoms with Crippen LogP contribution in [0.4, 0.5) is 5.69 Å². The molecule has 2 aliphatic rings. The fraction of sp³-hybridized carbons (Fsp3) is 0.500. The van der Waals surface area contributed by atoms with Crippen molar-refractivity contribution in [3.63, 3.8) is 0 Å². The van der Waals surface area contributed by atoms with E-state index in [0.29, 0.717) is 5.69 Å². The maximum Gasteiger partial charge on any atom is 0.253 e. The van der Waals surface area contributed by atoms with E-state index in [1.54, 1.807) is 12.1 Å². The SMILES string of the molecule is Cl.Nc1ccc(C(=O)N2CC3CCCC3C2)cc1. The van der Waals surface area contributed by atoms with Crippen LogP contribution in [0.5, 0.6) is 0 Å². The molecule has 2 fully saturated rings. The molecule has 0 aromatic heterocycles. The number of rotatable bonds is 1. The lowest BCUT2D eigenvalue weighted by molar-refractivity contribution is 0.0780. The first-order valence-electron chi connectivity index (χ1n) is 6.39. The van der Waals surface area contributed by atoms with Crippen LogP contribution in [0, 0.1) is 11.8 Å². The Bertz CT molecular complexity index is 420. The minimum absolute atomic E-state index is 0. The third-order valence-corrected chi connectivity index (χ3v) is 4.17. The summed E-state index contributed by atoms with van der Waals surface area (Å²) in [5, 5.41) is 0. The number of halogens is 1. The topological polar surface area (TPSA) is 46.3 Å². The Hall–Kier alpha value is -1.22. The second-order valence-corrected chi connectivity index (χ2v) is 5.28. The number of hydrogen-bond donors (Lipinski definition) is 1. The van der Waals surface area contributed by atoms with Crippen LogP contribution < -0.4 is 5.73 Å². The Labute approximate surface area is 114 Å². The quantitative estimate of drug-likeness (QED) is 0.794. The summed E-state index contributed by atoms with van der Waals surface area (Å²) in [5.74, 6) is 1.68. The van der Waals surface area contributed by atoms with Crippen LogP contribution in [0.3, 0.4) is 0 Å². The van der Waals surface area contributed by atoms with Gasteiger partial charge in [-0.25, -0.2) is 0 Å². The number of carbonyl (C=O) groups is 1. The lowest BCUT2D eigenvalue weighted by atomic mass is 10.0. The molecule has 98 valence electrons. The van der Waals surface area contributed by atoms with Crippen molar-refractivity contribution >= 4 is 24.0 Å². The van der Waals surface area contributed by atoms with Gasteiger partial charge in [0.25, 0.3) is 5.91 Å². The van der Waals surface area contributed by atoms with Gasteiger partial charge < -0.3 is 10.6 Å². The van der Waals surface area contributed by atoms with E-state index in [1.807, 2.05) is 17.0 Å². The molecule has 0 spiro atoms. The van der Waals surface area contributed by atoms with Gasteiger partial charge in [0.1, 0.15) is 0 Å². The number of carbonyl (C=O) groups excluding carboxylic acids is 1. The van der Waals surface area contributed by atoms with E-state index in [0.717, 1.165) is 30.5 Å². The zero-order valence-corrected chi connectivity index (χ0v) is 11.2. The van der Waals surface area contributed by atoms with Crippen LogP contribution in [0.2, 0.25) is 0 Å². The van der Waals surface area contributed by atoms with Gasteiger partial charge >= 0.3 is 0 Å². The molecule has 2 atom stereocenters. The summed E-state index contributed by atoms with van der Waals surface area (Å²) in [6.45, 7) is 1.90. The molecule has 1 aromatic rings. The number of likely N-dealkylation sites (tertiary alicyclic amines) is 1. The molecule has 2 N–H and O–H groups in total. The number of anilines is 1. The Morgan fingerprint density at radius 2 is 1.67 bits per heavy atom. The molecule has 1 aliphatic heterocycles. The van der Waals surface area contributed by atoms with Gasteiger partial charge in [0.2, 0.25) is 0 Å². The normalized spacial score (nSPS) is 25.7. The van der Waals surface area contributed by atoms with Crippen molar-refractivity contribution in [2.75, 3.05) is 18.8 Å². The average Bonchev–Trinajstić information content (AvgIpc) is 2.89. The molecule has 1 saturated carbocycles. The van der Waals surface area contributed by atoms with Gasteiger partial charge in [-0.15, -0.1) is 12.4 Å². The Morgan fingerprint density at radius 1 is 1.11 bits per heavy atom. The first-order chi connectivity index (χ1) is 8.24. The Balaban J connectivity index is 0.00000120. The lowest BCUT2D eigenvalue weighted by Gasteiger charge is -2.17. The van der Waals surface area contributed by atoms with Gasteiger partial charge in [0.15, 0.2) is 0 Å². The number of hydrogen-bond acceptors (Lipinski definition) is 2. The van der Waals surface area contributed by atoms with E-state index in [1.165, 1.54) is 19.3 Å². The molecule has 3 nitrogen and oxygen atoms in total. The average molecular weight is 267 g/mol. The molecule has 3 rings (SSSR count). The lowest BCUT2D eigenvalue weighted by Crippen LogP contribution is -2.29. The van der Waals surface area contributed by atoms with E-state index in [9.17, 15) is 4.79 Å². The highest BCUT2D eigenvalue weighted by Crippen LogP contribution is 2.38. The van der Waals surface area contributed by atoms with E-state index < -0.39 is 0 Å². The summed E-state index contributed by atoms with van der Waals surface area (Å²) >= 11 is 0. The minimum Gasteiger partial charge on any atom is -0.399 e. The molecule has 4 heteroatoms. The highest BCUT2D eigenvalue weighted by Gasteiger charge is 2.38. The van der Waals surface area contributed by atoms with Crippen LogP contribution >= 0.6 is 12.4 Å². The van der Waals surface area contributed by atoms with E-state index >= 15 is 0 Å². The summed E-state index contributed by atoms with van der Waals surface area (Å²) in [4.78, 5) is 14.3. The largest absolute Gasteiger partial charge is 0.399 e. The van der Waals surface area contributed by atoms with Crippen LogP contribution in [-0.4, -0.2) is 23.9 Å². The molecule has 18 heavy (non-hydrogen) atoms. The molecule has 1 amide bonds. The van der Waals surface area contributed by atoms with E-state index in [4.69, 9.17) is 5.73 Å². The number of nitrogens with zero attached hydrogens (tertiary/aromatic N) is 1. The summed E-state index contributed by atoms with van der Waals surface area (Å²) < 4.78 is 0.